The van der Waals surface area contributed by atoms with Gasteiger partial charge in [0.1, 0.15) is 0 Å². The van der Waals surface area contributed by atoms with Gasteiger partial charge < -0.3 is 9.47 Å². The lowest BCUT2D eigenvalue weighted by molar-refractivity contribution is -0.146. The number of benzene rings is 1. The van der Waals surface area contributed by atoms with Crippen LogP contribution in [0.3, 0.4) is 0 Å². The first-order valence-corrected chi connectivity index (χ1v) is 5.21. The van der Waals surface area contributed by atoms with Gasteiger partial charge >= 0.3 is 11.9 Å². The van der Waals surface area contributed by atoms with Crippen molar-refractivity contribution < 1.29 is 23.9 Å². The van der Waals surface area contributed by atoms with Gasteiger partial charge in [0.15, 0.2) is 11.3 Å². The van der Waals surface area contributed by atoms with Crippen molar-refractivity contribution in [1.29, 1.82) is 0 Å². The standard InChI is InChI=1S/C13H10O5/c1-7-5-3-4-6-8(7)11-9(12(15)17-2)10(14)13(16)18-11/h3-6H,1-2H3. The fourth-order valence-electron chi connectivity index (χ4n) is 1.70. The maximum Gasteiger partial charge on any atom is 0.385 e. The number of rotatable bonds is 2. The summed E-state index contributed by atoms with van der Waals surface area (Å²) in [6.07, 6.45) is 0. The highest BCUT2D eigenvalue weighted by atomic mass is 16.6. The number of aryl methyl sites for hydroxylation is 1. The van der Waals surface area contributed by atoms with Crippen molar-refractivity contribution in [2.24, 2.45) is 0 Å². The van der Waals surface area contributed by atoms with E-state index in [9.17, 15) is 14.4 Å². The Morgan fingerprint density at radius 2 is 1.89 bits per heavy atom. The van der Waals surface area contributed by atoms with Gasteiger partial charge in [-0.05, 0) is 12.5 Å². The van der Waals surface area contributed by atoms with Crippen LogP contribution in [0, 0.1) is 6.92 Å². The SMILES string of the molecule is COC(=O)C1=C(c2ccccc2C)OC(=O)C1=O. The van der Waals surface area contributed by atoms with Crippen molar-refractivity contribution >= 4 is 23.5 Å². The van der Waals surface area contributed by atoms with Gasteiger partial charge in [0.05, 0.1) is 7.11 Å². The van der Waals surface area contributed by atoms with E-state index in [-0.39, 0.29) is 11.3 Å². The van der Waals surface area contributed by atoms with E-state index < -0.39 is 17.7 Å². The molecule has 0 radical (unpaired) electrons. The molecule has 1 aromatic carbocycles. The summed E-state index contributed by atoms with van der Waals surface area (Å²) in [4.78, 5) is 34.4. The Hall–Kier alpha value is -2.43. The van der Waals surface area contributed by atoms with Gasteiger partial charge in [-0.1, -0.05) is 24.3 Å². The van der Waals surface area contributed by atoms with Crippen LogP contribution in [0.2, 0.25) is 0 Å². The van der Waals surface area contributed by atoms with Crippen LogP contribution < -0.4 is 0 Å². The monoisotopic (exact) mass is 246 g/mol. The third-order valence-corrected chi connectivity index (χ3v) is 2.61. The summed E-state index contributed by atoms with van der Waals surface area (Å²) in [6, 6.07) is 6.98. The summed E-state index contributed by atoms with van der Waals surface area (Å²) in [7, 11) is 1.14. The third-order valence-electron chi connectivity index (χ3n) is 2.61. The summed E-state index contributed by atoms with van der Waals surface area (Å²) in [5.41, 5.74) is 0.963. The van der Waals surface area contributed by atoms with E-state index in [1.807, 2.05) is 0 Å². The van der Waals surface area contributed by atoms with Gasteiger partial charge in [0, 0.05) is 5.56 Å². The number of hydrogen-bond acceptors (Lipinski definition) is 5. The molecule has 0 aromatic heterocycles. The number of Topliss-reactive ketones (excluding diaryl/α,β-unsaturated/α-hetero) is 1. The van der Waals surface area contributed by atoms with Gasteiger partial charge in [0.25, 0.3) is 5.78 Å². The minimum absolute atomic E-state index is 0.0325. The highest BCUT2D eigenvalue weighted by Gasteiger charge is 2.40. The molecule has 18 heavy (non-hydrogen) atoms. The van der Waals surface area contributed by atoms with E-state index in [2.05, 4.69) is 4.74 Å². The predicted octanol–water partition coefficient (Wildman–Crippen LogP) is 1.01. The van der Waals surface area contributed by atoms with Crippen molar-refractivity contribution in [2.45, 2.75) is 6.92 Å². The van der Waals surface area contributed by atoms with Crippen LogP contribution >= 0.6 is 0 Å². The molecule has 0 fully saturated rings. The minimum Gasteiger partial charge on any atom is -0.465 e. The fourth-order valence-corrected chi connectivity index (χ4v) is 1.70. The fraction of sp³-hybridized carbons (Fsp3) is 0.154. The summed E-state index contributed by atoms with van der Waals surface area (Å²) in [5.74, 6) is -2.94. The molecule has 1 aliphatic rings. The Balaban J connectivity index is 2.62. The van der Waals surface area contributed by atoms with Crippen LogP contribution in [0.15, 0.2) is 29.8 Å². The second-order valence-electron chi connectivity index (χ2n) is 3.73. The van der Waals surface area contributed by atoms with Crippen molar-refractivity contribution in [1.82, 2.24) is 0 Å². The van der Waals surface area contributed by atoms with Gasteiger partial charge in [-0.15, -0.1) is 0 Å². The first kappa shape index (κ1) is 12.0. The average Bonchev–Trinajstić information content (AvgIpc) is 2.65. The van der Waals surface area contributed by atoms with E-state index >= 15 is 0 Å². The summed E-state index contributed by atoms with van der Waals surface area (Å²) < 4.78 is 9.36. The molecule has 5 nitrogen and oxygen atoms in total. The zero-order valence-electron chi connectivity index (χ0n) is 9.85. The second kappa shape index (κ2) is 4.44. The molecular weight excluding hydrogens is 236 g/mol. The molecule has 5 heteroatoms. The van der Waals surface area contributed by atoms with Gasteiger partial charge in [-0.3, -0.25) is 4.79 Å². The number of ether oxygens (including phenoxy) is 2. The Morgan fingerprint density at radius 1 is 1.22 bits per heavy atom. The van der Waals surface area contributed by atoms with Gasteiger partial charge in [-0.2, -0.15) is 0 Å². The number of carbonyl (C=O) groups excluding carboxylic acids is 3. The number of cyclic esters (lactones) is 1. The molecule has 0 aliphatic carbocycles. The smallest absolute Gasteiger partial charge is 0.385 e. The highest BCUT2D eigenvalue weighted by molar-refractivity contribution is 6.51. The normalized spacial score (nSPS) is 14.8. The molecule has 0 atom stereocenters. The van der Waals surface area contributed by atoms with E-state index in [1.165, 1.54) is 0 Å². The predicted molar refractivity (Wildman–Crippen MR) is 61.2 cm³/mol. The van der Waals surface area contributed by atoms with Crippen molar-refractivity contribution in [2.75, 3.05) is 7.11 Å². The quantitative estimate of drug-likeness (QED) is 0.442. The zero-order chi connectivity index (χ0) is 13.3. The van der Waals surface area contributed by atoms with Crippen molar-refractivity contribution in [3.05, 3.63) is 41.0 Å². The summed E-state index contributed by atoms with van der Waals surface area (Å²) in [6.45, 7) is 1.79. The Labute approximate surface area is 103 Å². The molecule has 1 aliphatic heterocycles. The Kier molecular flexibility index (Phi) is 2.97. The van der Waals surface area contributed by atoms with Crippen molar-refractivity contribution in [3.8, 4) is 0 Å². The van der Waals surface area contributed by atoms with E-state index in [1.54, 1.807) is 31.2 Å². The molecule has 1 aromatic rings. The number of hydrogen-bond donors (Lipinski definition) is 0. The molecule has 0 spiro atoms. The van der Waals surface area contributed by atoms with Crippen LogP contribution in [-0.4, -0.2) is 24.8 Å². The third kappa shape index (κ3) is 1.79. The average molecular weight is 246 g/mol. The Bertz CT molecular complexity index is 583. The molecule has 0 saturated heterocycles. The van der Waals surface area contributed by atoms with Gasteiger partial charge in [-0.25, -0.2) is 9.59 Å². The second-order valence-corrected chi connectivity index (χ2v) is 3.73. The van der Waals surface area contributed by atoms with E-state index in [4.69, 9.17) is 4.74 Å². The first-order valence-electron chi connectivity index (χ1n) is 5.21. The molecule has 0 N–H and O–H groups in total. The molecule has 0 saturated carbocycles. The topological polar surface area (TPSA) is 69.7 Å². The summed E-state index contributed by atoms with van der Waals surface area (Å²) in [5, 5.41) is 0. The minimum atomic E-state index is -1.06. The lowest BCUT2D eigenvalue weighted by Gasteiger charge is -2.06. The Morgan fingerprint density at radius 3 is 2.50 bits per heavy atom. The number of ketones is 1. The van der Waals surface area contributed by atoms with Crippen LogP contribution in [-0.2, 0) is 23.9 Å². The molecule has 92 valence electrons. The van der Waals surface area contributed by atoms with Crippen LogP contribution in [0.5, 0.6) is 0 Å². The maximum absolute atomic E-state index is 11.6. The van der Waals surface area contributed by atoms with E-state index in [0.717, 1.165) is 12.7 Å². The van der Waals surface area contributed by atoms with Crippen molar-refractivity contribution in [3.63, 3.8) is 0 Å². The number of methoxy groups -OCH3 is 1. The lowest BCUT2D eigenvalue weighted by atomic mass is 10.0. The molecule has 0 unspecified atom stereocenters. The van der Waals surface area contributed by atoms with Crippen LogP contribution in [0.1, 0.15) is 11.1 Å². The van der Waals surface area contributed by atoms with E-state index in [0.29, 0.717) is 5.56 Å². The van der Waals surface area contributed by atoms with Crippen LogP contribution in [0.4, 0.5) is 0 Å². The zero-order valence-corrected chi connectivity index (χ0v) is 9.85. The van der Waals surface area contributed by atoms with Gasteiger partial charge in [0.2, 0.25) is 0 Å². The molecule has 2 rings (SSSR count). The molecule has 1 heterocycles. The van der Waals surface area contributed by atoms with Crippen LogP contribution in [0.25, 0.3) is 5.76 Å². The molecular formula is C13H10O5. The largest absolute Gasteiger partial charge is 0.465 e. The lowest BCUT2D eigenvalue weighted by Crippen LogP contribution is -2.16. The first-order chi connectivity index (χ1) is 8.56. The highest BCUT2D eigenvalue weighted by Crippen LogP contribution is 2.29. The maximum atomic E-state index is 11.6. The number of esters is 2. The summed E-state index contributed by atoms with van der Waals surface area (Å²) >= 11 is 0. The number of carbonyl (C=O) groups is 3. The molecule has 0 bridgehead atoms. The molecule has 0 amide bonds.